The van der Waals surface area contributed by atoms with Crippen LogP contribution < -0.4 is 10.1 Å². The molecule has 1 N–H and O–H groups in total. The molecule has 2 nitrogen and oxygen atoms in total. The molecule has 0 aromatic heterocycles. The van der Waals surface area contributed by atoms with Crippen LogP contribution in [0.25, 0.3) is 0 Å². The van der Waals surface area contributed by atoms with Gasteiger partial charge in [0.05, 0.1) is 6.61 Å². The fourth-order valence-corrected chi connectivity index (χ4v) is 3.20. The summed E-state index contributed by atoms with van der Waals surface area (Å²) in [7, 11) is 0. The monoisotopic (exact) mass is 261 g/mol. The third-order valence-electron chi connectivity index (χ3n) is 4.31. The first-order chi connectivity index (χ1) is 9.22. The van der Waals surface area contributed by atoms with Crippen LogP contribution in [0.4, 0.5) is 0 Å². The molecule has 19 heavy (non-hydrogen) atoms. The average molecular weight is 261 g/mol. The Morgan fingerprint density at radius 2 is 1.89 bits per heavy atom. The van der Waals surface area contributed by atoms with Gasteiger partial charge in [-0.15, -0.1) is 0 Å². The van der Waals surface area contributed by atoms with Gasteiger partial charge in [-0.3, -0.25) is 0 Å². The molecule has 1 unspecified atom stereocenters. The van der Waals surface area contributed by atoms with Gasteiger partial charge >= 0.3 is 0 Å². The minimum atomic E-state index is 0.346. The molecule has 0 spiro atoms. The smallest absolute Gasteiger partial charge is 0.124 e. The molecule has 0 bridgehead atoms. The van der Waals surface area contributed by atoms with Crippen molar-refractivity contribution in [2.75, 3.05) is 6.61 Å². The molecule has 0 aliphatic heterocycles. The van der Waals surface area contributed by atoms with E-state index in [2.05, 4.69) is 37.4 Å². The van der Waals surface area contributed by atoms with E-state index >= 15 is 0 Å². The van der Waals surface area contributed by atoms with Crippen LogP contribution in [0.2, 0.25) is 0 Å². The van der Waals surface area contributed by atoms with Crippen LogP contribution in [0.1, 0.15) is 58.1 Å². The van der Waals surface area contributed by atoms with Crippen molar-refractivity contribution in [1.82, 2.24) is 5.32 Å². The summed E-state index contributed by atoms with van der Waals surface area (Å²) in [5.41, 5.74) is 1.27. The van der Waals surface area contributed by atoms with Gasteiger partial charge < -0.3 is 10.1 Å². The van der Waals surface area contributed by atoms with Crippen LogP contribution in [-0.2, 0) is 0 Å². The van der Waals surface area contributed by atoms with E-state index in [0.29, 0.717) is 12.1 Å². The lowest BCUT2D eigenvalue weighted by atomic mass is 9.97. The van der Waals surface area contributed by atoms with E-state index < -0.39 is 0 Å². The SMILES string of the molecule is CCOc1ccccc1C(C)N[C@H](C)C1CCCC1. The molecule has 0 saturated heterocycles. The summed E-state index contributed by atoms with van der Waals surface area (Å²) >= 11 is 0. The van der Waals surface area contributed by atoms with E-state index in [1.807, 2.05) is 13.0 Å². The molecule has 1 saturated carbocycles. The molecule has 0 heterocycles. The number of benzene rings is 1. The molecular formula is C17H27NO. The van der Waals surface area contributed by atoms with Gasteiger partial charge in [-0.25, -0.2) is 0 Å². The zero-order valence-corrected chi connectivity index (χ0v) is 12.5. The highest BCUT2D eigenvalue weighted by Gasteiger charge is 2.23. The zero-order chi connectivity index (χ0) is 13.7. The van der Waals surface area contributed by atoms with E-state index in [1.54, 1.807) is 0 Å². The fraction of sp³-hybridized carbons (Fsp3) is 0.647. The molecule has 2 rings (SSSR count). The molecule has 2 atom stereocenters. The zero-order valence-electron chi connectivity index (χ0n) is 12.5. The van der Waals surface area contributed by atoms with Gasteiger partial charge in [-0.05, 0) is 45.6 Å². The number of rotatable bonds is 6. The average Bonchev–Trinajstić information content (AvgIpc) is 2.93. The Bertz CT molecular complexity index is 385. The topological polar surface area (TPSA) is 21.3 Å². The Hall–Kier alpha value is -1.02. The van der Waals surface area contributed by atoms with Crippen molar-refractivity contribution in [2.24, 2.45) is 5.92 Å². The highest BCUT2D eigenvalue weighted by atomic mass is 16.5. The van der Waals surface area contributed by atoms with Gasteiger partial charge in [-0.2, -0.15) is 0 Å². The molecular weight excluding hydrogens is 234 g/mol. The highest BCUT2D eigenvalue weighted by molar-refractivity contribution is 5.35. The second-order valence-corrected chi connectivity index (χ2v) is 5.69. The summed E-state index contributed by atoms with van der Waals surface area (Å²) in [5.74, 6) is 1.87. The Kier molecular flexibility index (Phi) is 5.26. The van der Waals surface area contributed by atoms with Crippen molar-refractivity contribution in [3.63, 3.8) is 0 Å². The molecule has 106 valence electrons. The Morgan fingerprint density at radius 1 is 1.21 bits per heavy atom. The quantitative estimate of drug-likeness (QED) is 0.823. The van der Waals surface area contributed by atoms with Gasteiger partial charge in [-0.1, -0.05) is 31.0 Å². The number of hydrogen-bond donors (Lipinski definition) is 1. The van der Waals surface area contributed by atoms with Gasteiger partial charge in [0.25, 0.3) is 0 Å². The maximum Gasteiger partial charge on any atom is 0.124 e. The normalized spacial score (nSPS) is 19.3. The van der Waals surface area contributed by atoms with Crippen LogP contribution >= 0.6 is 0 Å². The van der Waals surface area contributed by atoms with Crippen LogP contribution in [0.5, 0.6) is 5.75 Å². The lowest BCUT2D eigenvalue weighted by molar-refractivity contribution is 0.320. The molecule has 1 aliphatic carbocycles. The maximum atomic E-state index is 5.73. The number of nitrogens with one attached hydrogen (secondary N) is 1. The molecule has 2 heteroatoms. The fourth-order valence-electron chi connectivity index (χ4n) is 3.20. The molecule has 1 aromatic rings. The van der Waals surface area contributed by atoms with E-state index in [0.717, 1.165) is 18.3 Å². The van der Waals surface area contributed by atoms with E-state index in [4.69, 9.17) is 4.74 Å². The van der Waals surface area contributed by atoms with Crippen molar-refractivity contribution in [3.8, 4) is 5.75 Å². The Balaban J connectivity index is 2.00. The third kappa shape index (κ3) is 3.73. The predicted octanol–water partition coefficient (Wildman–Crippen LogP) is 4.31. The molecule has 0 radical (unpaired) electrons. The minimum Gasteiger partial charge on any atom is -0.494 e. The molecule has 1 aliphatic rings. The molecule has 1 fully saturated rings. The lowest BCUT2D eigenvalue weighted by Crippen LogP contribution is -2.34. The first-order valence-electron chi connectivity index (χ1n) is 7.70. The number of hydrogen-bond acceptors (Lipinski definition) is 2. The van der Waals surface area contributed by atoms with Crippen molar-refractivity contribution in [2.45, 2.75) is 58.5 Å². The van der Waals surface area contributed by atoms with Crippen molar-refractivity contribution < 1.29 is 4.74 Å². The maximum absolute atomic E-state index is 5.73. The lowest BCUT2D eigenvalue weighted by Gasteiger charge is -2.26. The van der Waals surface area contributed by atoms with E-state index in [9.17, 15) is 0 Å². The van der Waals surface area contributed by atoms with Crippen LogP contribution in [0.15, 0.2) is 24.3 Å². The molecule has 0 amide bonds. The summed E-state index contributed by atoms with van der Waals surface area (Å²) in [6.45, 7) is 7.33. The predicted molar refractivity (Wildman–Crippen MR) is 80.6 cm³/mol. The second-order valence-electron chi connectivity index (χ2n) is 5.69. The third-order valence-corrected chi connectivity index (χ3v) is 4.31. The molecule has 1 aromatic carbocycles. The first-order valence-corrected chi connectivity index (χ1v) is 7.70. The highest BCUT2D eigenvalue weighted by Crippen LogP contribution is 2.30. The van der Waals surface area contributed by atoms with Crippen molar-refractivity contribution >= 4 is 0 Å². The minimum absolute atomic E-state index is 0.346. The van der Waals surface area contributed by atoms with Crippen molar-refractivity contribution in [1.29, 1.82) is 0 Å². The largest absolute Gasteiger partial charge is 0.494 e. The summed E-state index contributed by atoms with van der Waals surface area (Å²) in [5, 5.41) is 3.76. The summed E-state index contributed by atoms with van der Waals surface area (Å²) in [4.78, 5) is 0. The van der Waals surface area contributed by atoms with Crippen molar-refractivity contribution in [3.05, 3.63) is 29.8 Å². The van der Waals surface area contributed by atoms with E-state index in [1.165, 1.54) is 31.2 Å². The number of ether oxygens (including phenoxy) is 1. The summed E-state index contributed by atoms with van der Waals surface area (Å²) in [6, 6.07) is 9.31. The Morgan fingerprint density at radius 3 is 2.58 bits per heavy atom. The summed E-state index contributed by atoms with van der Waals surface area (Å²) < 4.78 is 5.73. The second kappa shape index (κ2) is 6.95. The summed E-state index contributed by atoms with van der Waals surface area (Å²) in [6.07, 6.45) is 5.57. The van der Waals surface area contributed by atoms with E-state index in [-0.39, 0.29) is 0 Å². The van der Waals surface area contributed by atoms with Gasteiger partial charge in [0, 0.05) is 17.6 Å². The van der Waals surface area contributed by atoms with Gasteiger partial charge in [0.15, 0.2) is 0 Å². The van der Waals surface area contributed by atoms with Gasteiger partial charge in [0.1, 0.15) is 5.75 Å². The van der Waals surface area contributed by atoms with Gasteiger partial charge in [0.2, 0.25) is 0 Å². The van der Waals surface area contributed by atoms with Crippen LogP contribution in [0.3, 0.4) is 0 Å². The van der Waals surface area contributed by atoms with Crippen LogP contribution in [-0.4, -0.2) is 12.6 Å². The standard InChI is InChI=1S/C17H27NO/c1-4-19-17-12-8-7-11-16(17)14(3)18-13(2)15-9-5-6-10-15/h7-8,11-15,18H,4-6,9-10H2,1-3H3/t13-,14?/m1/s1. The van der Waals surface area contributed by atoms with Crippen LogP contribution in [0, 0.1) is 5.92 Å². The number of para-hydroxylation sites is 1. The Labute approximate surface area is 117 Å². The first kappa shape index (κ1) is 14.4.